The molecule has 0 fully saturated rings. The second-order valence-corrected chi connectivity index (χ2v) is 5.96. The summed E-state index contributed by atoms with van der Waals surface area (Å²) in [5, 5.41) is 3.39. The smallest absolute Gasteiger partial charge is 0.305 e. The molecule has 3 aromatic rings. The molecule has 4 nitrogen and oxygen atoms in total. The normalized spacial score (nSPS) is 10.7. The highest BCUT2D eigenvalue weighted by atomic mass is 35.5. The Morgan fingerprint density at radius 1 is 1.24 bits per heavy atom. The van der Waals surface area contributed by atoms with E-state index in [0.29, 0.717) is 10.7 Å². The van der Waals surface area contributed by atoms with Crippen LogP contribution in [0.3, 0.4) is 0 Å². The predicted octanol–water partition coefficient (Wildman–Crippen LogP) is 3.42. The Bertz CT molecular complexity index is 869. The third-order valence-electron chi connectivity index (χ3n) is 3.01. The lowest BCUT2D eigenvalue weighted by Crippen LogP contribution is -2.14. The van der Waals surface area contributed by atoms with Crippen molar-refractivity contribution in [3.63, 3.8) is 0 Å². The molecule has 0 aliphatic carbocycles. The summed E-state index contributed by atoms with van der Waals surface area (Å²) in [4.78, 5) is 25.9. The molecule has 0 unspecified atom stereocenters. The van der Waals surface area contributed by atoms with E-state index in [1.807, 2.05) is 18.2 Å². The number of hydrogen-bond donors (Lipinski definition) is 2. The first kappa shape index (κ1) is 13.9. The summed E-state index contributed by atoms with van der Waals surface area (Å²) < 4.78 is 0.815. The molecule has 0 saturated heterocycles. The number of benzene rings is 2. The lowest BCUT2D eigenvalue weighted by atomic mass is 10.1. The fraction of sp³-hybridized carbons (Fsp3) is 0.0667. The Balaban J connectivity index is 1.77. The fourth-order valence-electron chi connectivity index (χ4n) is 2.04. The summed E-state index contributed by atoms with van der Waals surface area (Å²) >= 11 is 7.15. The van der Waals surface area contributed by atoms with E-state index >= 15 is 0 Å². The van der Waals surface area contributed by atoms with E-state index in [9.17, 15) is 9.59 Å². The maximum Gasteiger partial charge on any atom is 0.305 e. The first-order valence-corrected chi connectivity index (χ1v) is 7.47. The van der Waals surface area contributed by atoms with E-state index < -0.39 is 0 Å². The lowest BCUT2D eigenvalue weighted by molar-refractivity contribution is -0.115. The van der Waals surface area contributed by atoms with Gasteiger partial charge in [0.1, 0.15) is 0 Å². The van der Waals surface area contributed by atoms with Crippen LogP contribution in [-0.4, -0.2) is 10.9 Å². The van der Waals surface area contributed by atoms with E-state index in [0.717, 1.165) is 27.1 Å². The molecule has 2 aromatic carbocycles. The maximum absolute atomic E-state index is 12.0. The van der Waals surface area contributed by atoms with Crippen molar-refractivity contribution in [2.75, 3.05) is 5.32 Å². The second kappa shape index (κ2) is 5.71. The minimum absolute atomic E-state index is 0.107. The minimum Gasteiger partial charge on any atom is -0.326 e. The summed E-state index contributed by atoms with van der Waals surface area (Å²) in [6.07, 6.45) is 0.209. The molecule has 106 valence electrons. The lowest BCUT2D eigenvalue weighted by Gasteiger charge is -2.06. The Morgan fingerprint density at radius 2 is 2.05 bits per heavy atom. The molecule has 0 aliphatic rings. The number of rotatable bonds is 3. The third kappa shape index (κ3) is 3.15. The third-order valence-corrected chi connectivity index (χ3v) is 4.23. The zero-order chi connectivity index (χ0) is 14.8. The van der Waals surface area contributed by atoms with Crippen LogP contribution in [0.5, 0.6) is 0 Å². The Hall–Kier alpha value is -2.11. The quantitative estimate of drug-likeness (QED) is 0.777. The number of carbonyl (C=O) groups is 1. The Kier molecular flexibility index (Phi) is 3.77. The van der Waals surface area contributed by atoms with E-state index in [-0.39, 0.29) is 17.2 Å². The number of fused-ring (bicyclic) bond motifs is 1. The SMILES string of the molecule is O=C(Cc1ccccc1Cl)Nc1ccc2[nH]c(=O)sc2c1. The highest BCUT2D eigenvalue weighted by Gasteiger charge is 2.08. The number of carbonyl (C=O) groups excluding carboxylic acids is 1. The summed E-state index contributed by atoms with van der Waals surface area (Å²) in [5.41, 5.74) is 2.22. The molecule has 0 aliphatic heterocycles. The average molecular weight is 319 g/mol. The zero-order valence-electron chi connectivity index (χ0n) is 10.9. The van der Waals surface area contributed by atoms with Gasteiger partial charge in [0.25, 0.3) is 0 Å². The van der Waals surface area contributed by atoms with Crippen molar-refractivity contribution < 1.29 is 4.79 Å². The number of hydrogen-bond acceptors (Lipinski definition) is 3. The first-order valence-electron chi connectivity index (χ1n) is 6.28. The molecule has 0 radical (unpaired) electrons. The molecule has 0 saturated carbocycles. The van der Waals surface area contributed by atoms with Crippen molar-refractivity contribution in [1.29, 1.82) is 0 Å². The van der Waals surface area contributed by atoms with Gasteiger partial charge in [-0.3, -0.25) is 9.59 Å². The van der Waals surface area contributed by atoms with Crippen LogP contribution in [0.4, 0.5) is 5.69 Å². The van der Waals surface area contributed by atoms with Crippen molar-refractivity contribution in [3.8, 4) is 0 Å². The van der Waals surface area contributed by atoms with Crippen LogP contribution in [0, 0.1) is 0 Å². The van der Waals surface area contributed by atoms with Crippen LogP contribution < -0.4 is 10.2 Å². The van der Waals surface area contributed by atoms with Crippen LogP contribution in [0.15, 0.2) is 47.3 Å². The monoisotopic (exact) mass is 318 g/mol. The van der Waals surface area contributed by atoms with E-state index in [1.54, 1.807) is 24.3 Å². The standard InChI is InChI=1S/C15H11ClN2O2S/c16-11-4-2-1-3-9(11)7-14(19)17-10-5-6-12-13(8-10)21-15(20)18-12/h1-6,8H,7H2,(H,17,19)(H,18,20). The van der Waals surface area contributed by atoms with Gasteiger partial charge in [-0.25, -0.2) is 0 Å². The van der Waals surface area contributed by atoms with Crippen molar-refractivity contribution in [1.82, 2.24) is 4.98 Å². The van der Waals surface area contributed by atoms with Gasteiger partial charge in [-0.15, -0.1) is 0 Å². The van der Waals surface area contributed by atoms with Gasteiger partial charge in [0, 0.05) is 10.7 Å². The van der Waals surface area contributed by atoms with Crippen molar-refractivity contribution in [2.24, 2.45) is 0 Å². The molecule has 0 atom stereocenters. The van der Waals surface area contributed by atoms with Crippen LogP contribution in [-0.2, 0) is 11.2 Å². The van der Waals surface area contributed by atoms with Gasteiger partial charge in [-0.05, 0) is 29.8 Å². The van der Waals surface area contributed by atoms with Gasteiger partial charge in [0.15, 0.2) is 0 Å². The van der Waals surface area contributed by atoms with Crippen molar-refractivity contribution in [2.45, 2.75) is 6.42 Å². The minimum atomic E-state index is -0.148. The number of thiazole rings is 1. The summed E-state index contributed by atoms with van der Waals surface area (Å²) in [6, 6.07) is 12.6. The van der Waals surface area contributed by atoms with E-state index in [2.05, 4.69) is 10.3 Å². The van der Waals surface area contributed by atoms with Crippen molar-refractivity contribution >= 4 is 44.7 Å². The molecule has 1 heterocycles. The molecule has 1 aromatic heterocycles. The Morgan fingerprint density at radius 3 is 2.86 bits per heavy atom. The van der Waals surface area contributed by atoms with Crippen LogP contribution in [0.1, 0.15) is 5.56 Å². The number of amides is 1. The number of anilines is 1. The number of H-pyrrole nitrogens is 1. The maximum atomic E-state index is 12.0. The molecule has 1 amide bonds. The zero-order valence-corrected chi connectivity index (χ0v) is 12.4. The van der Waals surface area contributed by atoms with Gasteiger partial charge in [0.05, 0.1) is 16.6 Å². The Labute approximate surface area is 129 Å². The topological polar surface area (TPSA) is 62.0 Å². The molecule has 3 rings (SSSR count). The van der Waals surface area contributed by atoms with Crippen LogP contribution in [0.2, 0.25) is 5.02 Å². The average Bonchev–Trinajstić information content (AvgIpc) is 2.80. The largest absolute Gasteiger partial charge is 0.326 e. The van der Waals surface area contributed by atoms with Gasteiger partial charge in [-0.1, -0.05) is 41.1 Å². The van der Waals surface area contributed by atoms with E-state index in [1.165, 1.54) is 0 Å². The van der Waals surface area contributed by atoms with Crippen LogP contribution in [0.25, 0.3) is 10.2 Å². The molecule has 2 N–H and O–H groups in total. The van der Waals surface area contributed by atoms with E-state index in [4.69, 9.17) is 11.6 Å². The molecule has 0 bridgehead atoms. The molecule has 6 heteroatoms. The number of aromatic nitrogens is 1. The first-order chi connectivity index (χ1) is 10.1. The molecule has 21 heavy (non-hydrogen) atoms. The summed E-state index contributed by atoms with van der Waals surface area (Å²) in [7, 11) is 0. The van der Waals surface area contributed by atoms with Gasteiger partial charge in [-0.2, -0.15) is 0 Å². The van der Waals surface area contributed by atoms with Gasteiger partial charge in [0.2, 0.25) is 5.91 Å². The number of aromatic amines is 1. The summed E-state index contributed by atoms with van der Waals surface area (Å²) in [5.74, 6) is -0.148. The van der Waals surface area contributed by atoms with Gasteiger partial charge < -0.3 is 10.3 Å². The van der Waals surface area contributed by atoms with Crippen LogP contribution >= 0.6 is 22.9 Å². The van der Waals surface area contributed by atoms with Gasteiger partial charge >= 0.3 is 4.87 Å². The molecular formula is C15H11ClN2O2S. The highest BCUT2D eigenvalue weighted by molar-refractivity contribution is 7.16. The highest BCUT2D eigenvalue weighted by Crippen LogP contribution is 2.20. The predicted molar refractivity (Wildman–Crippen MR) is 86.2 cm³/mol. The molecular weight excluding hydrogens is 308 g/mol. The fourth-order valence-corrected chi connectivity index (χ4v) is 3.02. The number of halogens is 1. The number of nitrogens with one attached hydrogen (secondary N) is 2. The summed E-state index contributed by atoms with van der Waals surface area (Å²) in [6.45, 7) is 0. The molecule has 0 spiro atoms. The second-order valence-electron chi connectivity index (χ2n) is 4.54. The van der Waals surface area contributed by atoms with Crippen molar-refractivity contribution in [3.05, 3.63) is 62.7 Å².